The Morgan fingerprint density at radius 2 is 1.73 bits per heavy atom. The van der Waals surface area contributed by atoms with Crippen LogP contribution in [0.1, 0.15) is 21.5 Å². The van der Waals surface area contributed by atoms with Gasteiger partial charge in [0.25, 0.3) is 5.91 Å². The minimum Gasteiger partial charge on any atom is -0.452 e. The van der Waals surface area contributed by atoms with E-state index in [2.05, 4.69) is 10.6 Å². The molecule has 0 saturated heterocycles. The molecule has 0 unspecified atom stereocenters. The Bertz CT molecular complexity index is 868. The molecule has 2 rings (SSSR count). The van der Waals surface area contributed by atoms with Crippen molar-refractivity contribution in [3.8, 4) is 0 Å². The number of imide groups is 1. The van der Waals surface area contributed by atoms with Crippen molar-refractivity contribution in [2.45, 2.75) is 13.8 Å². The van der Waals surface area contributed by atoms with Gasteiger partial charge in [0.2, 0.25) is 0 Å². The summed E-state index contributed by atoms with van der Waals surface area (Å²) in [6, 6.07) is 8.95. The molecule has 0 bridgehead atoms. The summed E-state index contributed by atoms with van der Waals surface area (Å²) in [6.45, 7) is 3.16. The number of amides is 3. The average molecular weight is 395 g/mol. The summed E-state index contributed by atoms with van der Waals surface area (Å²) in [4.78, 5) is 35.4. The molecule has 0 fully saturated rings. The summed E-state index contributed by atoms with van der Waals surface area (Å²) < 4.78 is 4.84. The van der Waals surface area contributed by atoms with Crippen molar-refractivity contribution >= 4 is 46.8 Å². The number of nitrogens with one attached hydrogen (secondary N) is 2. The molecular formula is C18H16Cl2N2O4. The molecule has 2 aromatic rings. The topological polar surface area (TPSA) is 84.5 Å². The molecule has 0 aliphatic carbocycles. The van der Waals surface area contributed by atoms with Crippen LogP contribution in [0.4, 0.5) is 10.5 Å². The van der Waals surface area contributed by atoms with E-state index in [9.17, 15) is 14.4 Å². The van der Waals surface area contributed by atoms with Crippen LogP contribution in [0.2, 0.25) is 10.0 Å². The molecule has 2 aromatic carbocycles. The van der Waals surface area contributed by atoms with Gasteiger partial charge < -0.3 is 10.1 Å². The van der Waals surface area contributed by atoms with Gasteiger partial charge in [-0.05, 0) is 43.7 Å². The fourth-order valence-corrected chi connectivity index (χ4v) is 2.41. The van der Waals surface area contributed by atoms with E-state index in [-0.39, 0.29) is 10.6 Å². The molecule has 136 valence electrons. The summed E-state index contributed by atoms with van der Waals surface area (Å²) in [6.07, 6.45) is 0. The summed E-state index contributed by atoms with van der Waals surface area (Å²) >= 11 is 11.6. The summed E-state index contributed by atoms with van der Waals surface area (Å²) in [5.41, 5.74) is 2.64. The van der Waals surface area contributed by atoms with E-state index >= 15 is 0 Å². The number of ether oxygens (including phenoxy) is 1. The van der Waals surface area contributed by atoms with Crippen LogP contribution in [0.15, 0.2) is 36.4 Å². The van der Waals surface area contributed by atoms with E-state index in [0.717, 1.165) is 11.1 Å². The Kier molecular flexibility index (Phi) is 6.60. The molecule has 0 atom stereocenters. The van der Waals surface area contributed by atoms with Crippen LogP contribution in [-0.2, 0) is 9.53 Å². The van der Waals surface area contributed by atoms with Gasteiger partial charge in [0.15, 0.2) is 6.61 Å². The van der Waals surface area contributed by atoms with Gasteiger partial charge in [-0.15, -0.1) is 0 Å². The number of halogens is 2. The summed E-state index contributed by atoms with van der Waals surface area (Å²) in [5, 5.41) is 5.13. The molecule has 8 heteroatoms. The number of esters is 1. The lowest BCUT2D eigenvalue weighted by atomic mass is 10.1. The predicted octanol–water partition coefficient (Wildman–Crippen LogP) is 4.12. The minimum atomic E-state index is -0.763. The summed E-state index contributed by atoms with van der Waals surface area (Å²) in [5.74, 6) is -1.52. The highest BCUT2D eigenvalue weighted by Gasteiger charge is 2.14. The summed E-state index contributed by atoms with van der Waals surface area (Å²) in [7, 11) is 0. The van der Waals surface area contributed by atoms with Crippen molar-refractivity contribution in [2.75, 3.05) is 11.9 Å². The van der Waals surface area contributed by atoms with Crippen LogP contribution in [0.3, 0.4) is 0 Å². The lowest BCUT2D eigenvalue weighted by Gasteiger charge is -2.10. The lowest BCUT2D eigenvalue weighted by molar-refractivity contribution is -0.123. The third kappa shape index (κ3) is 5.47. The van der Waals surface area contributed by atoms with Crippen molar-refractivity contribution in [1.82, 2.24) is 5.32 Å². The van der Waals surface area contributed by atoms with E-state index in [0.29, 0.717) is 10.7 Å². The van der Waals surface area contributed by atoms with Gasteiger partial charge in [0.05, 0.1) is 15.6 Å². The fourth-order valence-electron chi connectivity index (χ4n) is 2.11. The van der Waals surface area contributed by atoms with E-state index in [1.54, 1.807) is 6.07 Å². The number of benzene rings is 2. The van der Waals surface area contributed by atoms with Crippen molar-refractivity contribution in [2.24, 2.45) is 0 Å². The van der Waals surface area contributed by atoms with E-state index in [4.69, 9.17) is 27.9 Å². The number of carbonyl (C=O) groups excluding carboxylic acids is 3. The van der Waals surface area contributed by atoms with Gasteiger partial charge in [-0.1, -0.05) is 40.9 Å². The Balaban J connectivity index is 1.85. The Labute approximate surface area is 160 Å². The number of anilines is 1. The van der Waals surface area contributed by atoms with Crippen LogP contribution in [0, 0.1) is 13.8 Å². The first-order chi connectivity index (χ1) is 12.3. The van der Waals surface area contributed by atoms with Gasteiger partial charge in [-0.2, -0.15) is 0 Å². The molecule has 26 heavy (non-hydrogen) atoms. The molecule has 3 amide bonds. The van der Waals surface area contributed by atoms with Gasteiger partial charge in [0, 0.05) is 5.69 Å². The molecule has 0 aromatic heterocycles. The van der Waals surface area contributed by atoms with E-state index in [1.165, 1.54) is 18.2 Å². The zero-order valence-electron chi connectivity index (χ0n) is 14.1. The first-order valence-corrected chi connectivity index (χ1v) is 8.32. The zero-order chi connectivity index (χ0) is 19.3. The number of aryl methyl sites for hydroxylation is 2. The first-order valence-electron chi connectivity index (χ1n) is 7.56. The maximum absolute atomic E-state index is 11.9. The van der Waals surface area contributed by atoms with Crippen molar-refractivity contribution in [3.63, 3.8) is 0 Å². The highest BCUT2D eigenvalue weighted by molar-refractivity contribution is 6.42. The zero-order valence-corrected chi connectivity index (χ0v) is 15.6. The molecule has 0 heterocycles. The Hall–Kier alpha value is -2.57. The second-order valence-electron chi connectivity index (χ2n) is 5.53. The third-order valence-electron chi connectivity index (χ3n) is 3.37. The number of hydrogen-bond donors (Lipinski definition) is 2. The average Bonchev–Trinajstić information content (AvgIpc) is 2.57. The highest BCUT2D eigenvalue weighted by Crippen LogP contribution is 2.22. The number of rotatable bonds is 4. The molecule has 0 aliphatic rings. The number of hydrogen-bond acceptors (Lipinski definition) is 4. The molecular weight excluding hydrogens is 379 g/mol. The fraction of sp³-hybridized carbons (Fsp3) is 0.167. The second-order valence-corrected chi connectivity index (χ2v) is 6.34. The quantitative estimate of drug-likeness (QED) is 0.763. The predicted molar refractivity (Wildman–Crippen MR) is 99.8 cm³/mol. The minimum absolute atomic E-state index is 0.145. The van der Waals surface area contributed by atoms with Crippen LogP contribution in [0.25, 0.3) is 0 Å². The molecule has 0 radical (unpaired) electrons. The Morgan fingerprint density at radius 3 is 2.38 bits per heavy atom. The SMILES string of the molecule is Cc1ccc(NC(=O)NC(=O)COC(=O)c2ccc(Cl)c(Cl)c2)c(C)c1. The standard InChI is InChI=1S/C18H16Cl2N2O4/c1-10-3-6-15(11(2)7-10)21-18(25)22-16(23)9-26-17(24)12-4-5-13(19)14(20)8-12/h3-8H,9H2,1-2H3,(H2,21,22,23,25). The molecule has 0 aliphatic heterocycles. The number of urea groups is 1. The smallest absolute Gasteiger partial charge is 0.338 e. The Morgan fingerprint density at radius 1 is 1.00 bits per heavy atom. The molecule has 0 saturated carbocycles. The molecule has 0 spiro atoms. The van der Waals surface area contributed by atoms with Gasteiger partial charge in [-0.3, -0.25) is 10.1 Å². The monoisotopic (exact) mass is 394 g/mol. The molecule has 6 nitrogen and oxygen atoms in total. The van der Waals surface area contributed by atoms with Crippen LogP contribution in [0.5, 0.6) is 0 Å². The highest BCUT2D eigenvalue weighted by atomic mass is 35.5. The molecule has 2 N–H and O–H groups in total. The van der Waals surface area contributed by atoms with Crippen LogP contribution in [-0.4, -0.2) is 24.5 Å². The van der Waals surface area contributed by atoms with Gasteiger partial charge >= 0.3 is 12.0 Å². The van der Waals surface area contributed by atoms with Gasteiger partial charge in [0.1, 0.15) is 0 Å². The van der Waals surface area contributed by atoms with E-state index < -0.39 is 24.5 Å². The van der Waals surface area contributed by atoms with Gasteiger partial charge in [-0.25, -0.2) is 9.59 Å². The van der Waals surface area contributed by atoms with Crippen molar-refractivity contribution < 1.29 is 19.1 Å². The third-order valence-corrected chi connectivity index (χ3v) is 4.11. The van der Waals surface area contributed by atoms with Crippen LogP contribution >= 0.6 is 23.2 Å². The normalized spacial score (nSPS) is 10.2. The largest absolute Gasteiger partial charge is 0.452 e. The van der Waals surface area contributed by atoms with Crippen molar-refractivity contribution in [3.05, 3.63) is 63.1 Å². The maximum Gasteiger partial charge on any atom is 0.338 e. The maximum atomic E-state index is 11.9. The van der Waals surface area contributed by atoms with E-state index in [1.807, 2.05) is 26.0 Å². The lowest BCUT2D eigenvalue weighted by Crippen LogP contribution is -2.37. The van der Waals surface area contributed by atoms with Crippen LogP contribution < -0.4 is 10.6 Å². The van der Waals surface area contributed by atoms with Crippen molar-refractivity contribution in [1.29, 1.82) is 0 Å². The number of carbonyl (C=O) groups is 3. The first kappa shape index (κ1) is 19.8. The second kappa shape index (κ2) is 8.69.